The maximum Gasteiger partial charge on any atom is 0.490 e. The summed E-state index contributed by atoms with van der Waals surface area (Å²) in [4.78, 5) is 19.2. The summed E-state index contributed by atoms with van der Waals surface area (Å²) in [6.45, 7) is 3.76. The van der Waals surface area contributed by atoms with E-state index >= 15 is 0 Å². The number of carboxylic acid groups (broad SMARTS) is 2. The molecule has 0 amide bonds. The molecule has 0 atom stereocenters. The highest BCUT2D eigenvalue weighted by Crippen LogP contribution is 2.13. The molecular weight excluding hydrogens is 281 g/mol. The summed E-state index contributed by atoms with van der Waals surface area (Å²) in [6, 6.07) is 0. The zero-order valence-electron chi connectivity index (χ0n) is 10.9. The second-order valence-corrected chi connectivity index (χ2v) is 3.68. The average molecular weight is 294 g/mol. The number of carbonyl (C=O) groups is 2. The van der Waals surface area contributed by atoms with Crippen LogP contribution in [0, 0.1) is 13.8 Å². The van der Waals surface area contributed by atoms with Crippen molar-refractivity contribution in [2.45, 2.75) is 20.0 Å². The molecule has 0 aliphatic carbocycles. The molecule has 0 radical (unpaired) electrons. The molecule has 1 heterocycles. The van der Waals surface area contributed by atoms with Crippen molar-refractivity contribution in [3.63, 3.8) is 0 Å². The molecule has 0 fully saturated rings. The lowest BCUT2D eigenvalue weighted by molar-refractivity contribution is -0.192. The molecule has 2 N–H and O–H groups in total. The molecule has 6 nitrogen and oxygen atoms in total. The van der Waals surface area contributed by atoms with Crippen LogP contribution in [0.4, 0.5) is 13.2 Å². The second-order valence-electron chi connectivity index (χ2n) is 3.68. The molecule has 0 unspecified atom stereocenters. The third-order valence-corrected chi connectivity index (χ3v) is 2.20. The largest absolute Gasteiger partial charge is 0.490 e. The van der Waals surface area contributed by atoms with Gasteiger partial charge in [0.1, 0.15) is 0 Å². The van der Waals surface area contributed by atoms with Crippen molar-refractivity contribution in [1.82, 2.24) is 9.78 Å². The SMILES string of the molecule is Cc1nn(C)c(C)c1/C=C/C(=O)O.O=C(O)C(F)(F)F. The van der Waals surface area contributed by atoms with Gasteiger partial charge in [0, 0.05) is 24.4 Å². The number of hydrogen-bond donors (Lipinski definition) is 2. The van der Waals surface area contributed by atoms with Crippen molar-refractivity contribution in [2.24, 2.45) is 7.05 Å². The van der Waals surface area contributed by atoms with Crippen molar-refractivity contribution in [1.29, 1.82) is 0 Å². The van der Waals surface area contributed by atoms with Crippen molar-refractivity contribution in [2.75, 3.05) is 0 Å². The van der Waals surface area contributed by atoms with E-state index in [2.05, 4.69) is 5.10 Å². The summed E-state index contributed by atoms with van der Waals surface area (Å²) >= 11 is 0. The fraction of sp³-hybridized carbons (Fsp3) is 0.364. The van der Waals surface area contributed by atoms with Gasteiger partial charge in [-0.15, -0.1) is 0 Å². The number of rotatable bonds is 2. The molecule has 0 saturated heterocycles. The molecule has 112 valence electrons. The summed E-state index contributed by atoms with van der Waals surface area (Å²) < 4.78 is 33.5. The van der Waals surface area contributed by atoms with E-state index in [-0.39, 0.29) is 0 Å². The first kappa shape index (κ1) is 17.7. The van der Waals surface area contributed by atoms with Crippen molar-refractivity contribution < 1.29 is 33.0 Å². The minimum atomic E-state index is -5.08. The normalized spacial score (nSPS) is 11.1. The Morgan fingerprint density at radius 1 is 1.25 bits per heavy atom. The van der Waals surface area contributed by atoms with Gasteiger partial charge in [0.2, 0.25) is 0 Å². The van der Waals surface area contributed by atoms with Crippen LogP contribution in [0.1, 0.15) is 17.0 Å². The van der Waals surface area contributed by atoms with Crippen LogP contribution in [-0.2, 0) is 16.6 Å². The van der Waals surface area contributed by atoms with Crippen LogP contribution in [0.15, 0.2) is 6.08 Å². The molecule has 0 aromatic carbocycles. The Hall–Kier alpha value is -2.32. The fourth-order valence-electron chi connectivity index (χ4n) is 1.19. The minimum Gasteiger partial charge on any atom is -0.478 e. The number of halogens is 3. The van der Waals surface area contributed by atoms with Gasteiger partial charge in [0.15, 0.2) is 0 Å². The number of carboxylic acids is 2. The van der Waals surface area contributed by atoms with E-state index in [9.17, 15) is 18.0 Å². The lowest BCUT2D eigenvalue weighted by Crippen LogP contribution is -2.21. The van der Waals surface area contributed by atoms with E-state index in [1.165, 1.54) is 0 Å². The van der Waals surface area contributed by atoms with Crippen LogP contribution in [0.2, 0.25) is 0 Å². The molecular formula is C11H13F3N2O4. The topological polar surface area (TPSA) is 92.4 Å². The number of aliphatic carboxylic acids is 2. The van der Waals surface area contributed by atoms with Crippen LogP contribution in [0.5, 0.6) is 0 Å². The number of alkyl halides is 3. The molecule has 1 aromatic heterocycles. The molecule has 0 aliphatic rings. The van der Waals surface area contributed by atoms with Gasteiger partial charge >= 0.3 is 18.1 Å². The monoisotopic (exact) mass is 294 g/mol. The van der Waals surface area contributed by atoms with Crippen LogP contribution >= 0.6 is 0 Å². The first-order chi connectivity index (χ1) is 8.96. The third-order valence-electron chi connectivity index (χ3n) is 2.20. The Bertz CT molecular complexity index is 533. The molecule has 0 bridgehead atoms. The quantitative estimate of drug-likeness (QED) is 0.811. The summed E-state index contributed by atoms with van der Waals surface area (Å²) in [5, 5.41) is 19.7. The summed E-state index contributed by atoms with van der Waals surface area (Å²) in [6.07, 6.45) is -2.39. The number of aromatic nitrogens is 2. The number of hydrogen-bond acceptors (Lipinski definition) is 3. The van der Waals surface area contributed by atoms with Crippen molar-refractivity contribution in [3.05, 3.63) is 23.0 Å². The Balaban J connectivity index is 0.000000441. The van der Waals surface area contributed by atoms with Crippen LogP contribution < -0.4 is 0 Å². The first-order valence-corrected chi connectivity index (χ1v) is 5.18. The Kier molecular flexibility index (Phi) is 5.95. The zero-order chi connectivity index (χ0) is 16.1. The van der Waals surface area contributed by atoms with E-state index in [4.69, 9.17) is 15.0 Å². The first-order valence-electron chi connectivity index (χ1n) is 5.18. The van der Waals surface area contributed by atoms with Crippen LogP contribution in [0.3, 0.4) is 0 Å². The predicted molar refractivity (Wildman–Crippen MR) is 63.0 cm³/mol. The zero-order valence-corrected chi connectivity index (χ0v) is 10.9. The van der Waals surface area contributed by atoms with Crippen LogP contribution in [0.25, 0.3) is 6.08 Å². The Morgan fingerprint density at radius 3 is 1.95 bits per heavy atom. The summed E-state index contributed by atoms with van der Waals surface area (Å²) in [7, 11) is 1.83. The van der Waals surface area contributed by atoms with Gasteiger partial charge in [-0.25, -0.2) is 9.59 Å². The third kappa shape index (κ3) is 5.55. The van der Waals surface area contributed by atoms with E-state index in [0.29, 0.717) is 0 Å². The minimum absolute atomic E-state index is 0.845. The highest BCUT2D eigenvalue weighted by atomic mass is 19.4. The lowest BCUT2D eigenvalue weighted by atomic mass is 10.2. The van der Waals surface area contributed by atoms with E-state index in [1.807, 2.05) is 20.9 Å². The maximum absolute atomic E-state index is 10.6. The highest BCUT2D eigenvalue weighted by Gasteiger charge is 2.38. The van der Waals surface area contributed by atoms with Gasteiger partial charge in [-0.1, -0.05) is 0 Å². The van der Waals surface area contributed by atoms with E-state index < -0.39 is 18.1 Å². The van der Waals surface area contributed by atoms with E-state index in [0.717, 1.165) is 23.0 Å². The second kappa shape index (κ2) is 6.73. The lowest BCUT2D eigenvalue weighted by Gasteiger charge is -1.93. The average Bonchev–Trinajstić information content (AvgIpc) is 2.50. The van der Waals surface area contributed by atoms with E-state index in [1.54, 1.807) is 10.8 Å². The van der Waals surface area contributed by atoms with Gasteiger partial charge in [-0.3, -0.25) is 4.68 Å². The Morgan fingerprint density at radius 2 is 1.70 bits per heavy atom. The van der Waals surface area contributed by atoms with Gasteiger partial charge in [0.05, 0.1) is 5.69 Å². The standard InChI is InChI=1S/C9H12N2O2.C2HF3O2/c1-6-8(4-5-9(12)13)7(2)11(3)10-6;3-2(4,5)1(6)7/h4-5H,1-3H3,(H,12,13);(H,6,7)/b5-4+;. The summed E-state index contributed by atoms with van der Waals surface area (Å²) in [5.74, 6) is -3.70. The smallest absolute Gasteiger partial charge is 0.478 e. The molecule has 9 heteroatoms. The van der Waals surface area contributed by atoms with Crippen molar-refractivity contribution >= 4 is 18.0 Å². The fourth-order valence-corrected chi connectivity index (χ4v) is 1.19. The van der Waals surface area contributed by atoms with Gasteiger partial charge in [0.25, 0.3) is 0 Å². The summed E-state index contributed by atoms with van der Waals surface area (Å²) in [5.41, 5.74) is 2.69. The Labute approximate surface area is 112 Å². The van der Waals surface area contributed by atoms with Gasteiger partial charge in [-0.2, -0.15) is 18.3 Å². The molecule has 1 rings (SSSR count). The molecule has 1 aromatic rings. The molecule has 0 saturated carbocycles. The molecule has 20 heavy (non-hydrogen) atoms. The molecule has 0 aliphatic heterocycles. The maximum atomic E-state index is 10.6. The van der Waals surface area contributed by atoms with Crippen LogP contribution in [-0.4, -0.2) is 38.1 Å². The van der Waals surface area contributed by atoms with Crippen molar-refractivity contribution in [3.8, 4) is 0 Å². The van der Waals surface area contributed by atoms with Gasteiger partial charge < -0.3 is 10.2 Å². The van der Waals surface area contributed by atoms with Gasteiger partial charge in [-0.05, 0) is 19.9 Å². The predicted octanol–water partition coefficient (Wildman–Crippen LogP) is 1.77. The highest BCUT2D eigenvalue weighted by molar-refractivity contribution is 5.85. The molecule has 0 spiro atoms. The number of aryl methyl sites for hydroxylation is 2. The number of nitrogens with zero attached hydrogens (tertiary/aromatic N) is 2.